The van der Waals surface area contributed by atoms with Gasteiger partial charge in [0.25, 0.3) is 0 Å². The highest BCUT2D eigenvalue weighted by molar-refractivity contribution is 5.69. The molecule has 0 aromatic carbocycles. The van der Waals surface area contributed by atoms with Crippen LogP contribution in [0.15, 0.2) is 6.20 Å². The van der Waals surface area contributed by atoms with Crippen LogP contribution in [-0.4, -0.2) is 28.0 Å². The van der Waals surface area contributed by atoms with E-state index < -0.39 is 6.10 Å². The van der Waals surface area contributed by atoms with Crippen molar-refractivity contribution in [3.8, 4) is 0 Å². The summed E-state index contributed by atoms with van der Waals surface area (Å²) < 4.78 is 6.22. The first-order valence-electron chi connectivity index (χ1n) is 5.20. The van der Waals surface area contributed by atoms with Gasteiger partial charge in [-0.25, -0.2) is 0 Å². The van der Waals surface area contributed by atoms with Gasteiger partial charge in [-0.05, 0) is 12.8 Å². The average molecular weight is 226 g/mol. The number of nitrogens with zero attached hydrogens (tertiary/aromatic N) is 2. The Hall–Kier alpha value is -1.36. The highest BCUT2D eigenvalue weighted by atomic mass is 16.5. The van der Waals surface area contributed by atoms with Crippen LogP contribution in [0.5, 0.6) is 0 Å². The molecule has 0 saturated heterocycles. The van der Waals surface area contributed by atoms with Gasteiger partial charge in [-0.3, -0.25) is 9.48 Å². The molecule has 0 bridgehead atoms. The monoisotopic (exact) mass is 226 g/mol. The van der Waals surface area contributed by atoms with E-state index in [0.717, 1.165) is 11.3 Å². The molecule has 0 radical (unpaired) electrons. The summed E-state index contributed by atoms with van der Waals surface area (Å²) >= 11 is 0. The van der Waals surface area contributed by atoms with Crippen molar-refractivity contribution in [1.82, 2.24) is 9.78 Å². The molecule has 1 rings (SSSR count). The van der Waals surface area contributed by atoms with Gasteiger partial charge in [0, 0.05) is 18.8 Å². The van der Waals surface area contributed by atoms with Crippen LogP contribution < -0.4 is 0 Å². The van der Waals surface area contributed by atoms with E-state index in [2.05, 4.69) is 9.84 Å². The summed E-state index contributed by atoms with van der Waals surface area (Å²) in [5, 5.41) is 14.2. The van der Waals surface area contributed by atoms with Gasteiger partial charge in [0.15, 0.2) is 0 Å². The maximum Gasteiger partial charge on any atom is 0.305 e. The van der Waals surface area contributed by atoms with Crippen molar-refractivity contribution in [3.05, 3.63) is 17.5 Å². The van der Waals surface area contributed by atoms with Crippen molar-refractivity contribution in [2.24, 2.45) is 13.0 Å². The minimum absolute atomic E-state index is 0.185. The van der Waals surface area contributed by atoms with Crippen molar-refractivity contribution < 1.29 is 14.6 Å². The Morgan fingerprint density at radius 3 is 2.75 bits per heavy atom. The van der Waals surface area contributed by atoms with Crippen molar-refractivity contribution in [3.63, 3.8) is 0 Å². The van der Waals surface area contributed by atoms with Crippen molar-refractivity contribution in [1.29, 1.82) is 0 Å². The second-order valence-corrected chi connectivity index (χ2v) is 4.05. The lowest BCUT2D eigenvalue weighted by Crippen LogP contribution is -2.15. The highest BCUT2D eigenvalue weighted by Crippen LogP contribution is 2.26. The van der Waals surface area contributed by atoms with E-state index in [1.165, 1.54) is 7.11 Å². The number of aryl methyl sites for hydroxylation is 2. The molecule has 0 aliphatic heterocycles. The third kappa shape index (κ3) is 2.82. The molecule has 5 heteroatoms. The van der Waals surface area contributed by atoms with Crippen LogP contribution in [0.2, 0.25) is 0 Å². The topological polar surface area (TPSA) is 64.3 Å². The van der Waals surface area contributed by atoms with Gasteiger partial charge in [-0.2, -0.15) is 5.10 Å². The van der Waals surface area contributed by atoms with Crippen LogP contribution in [0.4, 0.5) is 0 Å². The Balaban J connectivity index is 2.73. The largest absolute Gasteiger partial charge is 0.469 e. The minimum atomic E-state index is -0.687. The maximum absolute atomic E-state index is 11.1. The molecule has 2 atom stereocenters. The highest BCUT2D eigenvalue weighted by Gasteiger charge is 2.22. The Labute approximate surface area is 95.0 Å². The van der Waals surface area contributed by atoms with Crippen LogP contribution in [0.1, 0.15) is 30.7 Å². The summed E-state index contributed by atoms with van der Waals surface area (Å²) in [6, 6.07) is 0. The van der Waals surface area contributed by atoms with Crippen LogP contribution in [0.3, 0.4) is 0 Å². The lowest BCUT2D eigenvalue weighted by atomic mass is 9.95. The Kier molecular flexibility index (Phi) is 4.06. The zero-order chi connectivity index (χ0) is 12.3. The number of aliphatic hydroxyl groups excluding tert-OH is 1. The van der Waals surface area contributed by atoms with E-state index in [0.29, 0.717) is 0 Å². The molecular weight excluding hydrogens is 208 g/mol. The normalized spacial score (nSPS) is 14.6. The second-order valence-electron chi connectivity index (χ2n) is 4.05. The predicted molar refractivity (Wildman–Crippen MR) is 58.7 cm³/mol. The van der Waals surface area contributed by atoms with Crippen LogP contribution >= 0.6 is 0 Å². The average Bonchev–Trinajstić information content (AvgIpc) is 2.56. The number of hydrogen-bond donors (Lipinski definition) is 1. The Bertz CT molecular complexity index is 373. The second kappa shape index (κ2) is 5.12. The maximum atomic E-state index is 11.1. The fourth-order valence-electron chi connectivity index (χ4n) is 1.67. The van der Waals surface area contributed by atoms with Gasteiger partial charge in [0.2, 0.25) is 0 Å². The lowest BCUT2D eigenvalue weighted by molar-refractivity contribution is -0.142. The Morgan fingerprint density at radius 2 is 2.31 bits per heavy atom. The summed E-state index contributed by atoms with van der Waals surface area (Å²) in [4.78, 5) is 11.1. The zero-order valence-electron chi connectivity index (χ0n) is 10.1. The molecule has 0 fully saturated rings. The molecule has 0 saturated carbocycles. The molecule has 16 heavy (non-hydrogen) atoms. The van der Waals surface area contributed by atoms with E-state index in [9.17, 15) is 9.90 Å². The quantitative estimate of drug-likeness (QED) is 0.777. The summed E-state index contributed by atoms with van der Waals surface area (Å²) in [5.74, 6) is -0.497. The van der Waals surface area contributed by atoms with Gasteiger partial charge >= 0.3 is 5.97 Å². The van der Waals surface area contributed by atoms with Gasteiger partial charge in [-0.1, -0.05) is 6.92 Å². The number of carbonyl (C=O) groups is 1. The number of aromatic nitrogens is 2. The SMILES string of the molecule is COC(=O)CC(C)C(O)c1cn(C)nc1C. The molecule has 2 unspecified atom stereocenters. The number of hydrogen-bond acceptors (Lipinski definition) is 4. The van der Waals surface area contributed by atoms with Crippen molar-refractivity contribution in [2.75, 3.05) is 7.11 Å². The summed E-state index contributed by atoms with van der Waals surface area (Å²) in [6.45, 7) is 3.65. The fraction of sp³-hybridized carbons (Fsp3) is 0.636. The zero-order valence-corrected chi connectivity index (χ0v) is 10.1. The molecule has 1 heterocycles. The molecule has 0 spiro atoms. The molecule has 1 aromatic rings. The first-order chi connectivity index (χ1) is 7.45. The van der Waals surface area contributed by atoms with E-state index in [1.54, 1.807) is 17.9 Å². The number of esters is 1. The third-order valence-electron chi connectivity index (χ3n) is 2.63. The molecule has 90 valence electrons. The first kappa shape index (κ1) is 12.7. The van der Waals surface area contributed by atoms with Crippen LogP contribution in [0.25, 0.3) is 0 Å². The summed E-state index contributed by atoms with van der Waals surface area (Å²) in [7, 11) is 3.14. The number of ether oxygens (including phenoxy) is 1. The molecule has 1 N–H and O–H groups in total. The van der Waals surface area contributed by atoms with E-state index in [1.807, 2.05) is 13.8 Å². The number of carbonyl (C=O) groups excluding carboxylic acids is 1. The molecule has 1 aromatic heterocycles. The molecule has 0 amide bonds. The fourth-order valence-corrected chi connectivity index (χ4v) is 1.67. The minimum Gasteiger partial charge on any atom is -0.469 e. The first-order valence-corrected chi connectivity index (χ1v) is 5.20. The standard InChI is InChI=1S/C11H18N2O3/c1-7(5-10(14)16-4)11(15)9-6-13(3)12-8(9)2/h6-7,11,15H,5H2,1-4H3. The predicted octanol–water partition coefficient (Wildman–Crippen LogP) is 0.961. The van der Waals surface area contributed by atoms with Gasteiger partial charge in [-0.15, -0.1) is 0 Å². The smallest absolute Gasteiger partial charge is 0.305 e. The molecule has 0 aliphatic carbocycles. The third-order valence-corrected chi connectivity index (χ3v) is 2.63. The van der Waals surface area contributed by atoms with Gasteiger partial charge in [0.1, 0.15) is 0 Å². The number of rotatable bonds is 4. The van der Waals surface area contributed by atoms with E-state index in [4.69, 9.17) is 0 Å². The van der Waals surface area contributed by atoms with Crippen LogP contribution in [0, 0.1) is 12.8 Å². The van der Waals surface area contributed by atoms with Crippen molar-refractivity contribution >= 4 is 5.97 Å². The number of methoxy groups -OCH3 is 1. The van der Waals surface area contributed by atoms with Gasteiger partial charge in [0.05, 0.1) is 25.3 Å². The molecular formula is C11H18N2O3. The summed E-state index contributed by atoms with van der Waals surface area (Å²) in [5.41, 5.74) is 1.55. The van der Waals surface area contributed by atoms with Gasteiger partial charge < -0.3 is 9.84 Å². The van der Waals surface area contributed by atoms with Crippen molar-refractivity contribution in [2.45, 2.75) is 26.4 Å². The lowest BCUT2D eigenvalue weighted by Gasteiger charge is -2.16. The molecule has 0 aliphatic rings. The Morgan fingerprint density at radius 1 is 1.69 bits per heavy atom. The van der Waals surface area contributed by atoms with E-state index >= 15 is 0 Å². The number of aliphatic hydroxyl groups is 1. The molecule has 5 nitrogen and oxygen atoms in total. The van der Waals surface area contributed by atoms with Crippen LogP contribution in [-0.2, 0) is 16.6 Å². The van der Waals surface area contributed by atoms with E-state index in [-0.39, 0.29) is 18.3 Å². The summed E-state index contributed by atoms with van der Waals surface area (Å²) in [6.07, 6.45) is 1.28.